The summed E-state index contributed by atoms with van der Waals surface area (Å²) < 4.78 is 65.1. The molecule has 578 valence electrons. The van der Waals surface area contributed by atoms with Crippen molar-refractivity contribution in [1.82, 2.24) is 0 Å². The molecule has 98 heavy (non-hydrogen) atoms. The Hall–Kier alpha value is -2.04. The molecular formula is C73H137O24P. The van der Waals surface area contributed by atoms with Crippen molar-refractivity contribution < 1.29 is 117 Å². The van der Waals surface area contributed by atoms with Crippen LogP contribution in [-0.2, 0) is 61.2 Å². The van der Waals surface area contributed by atoms with Crippen LogP contribution >= 0.6 is 7.82 Å². The summed E-state index contributed by atoms with van der Waals surface area (Å²) >= 11 is 0. The highest BCUT2D eigenvalue weighted by Gasteiger charge is 2.58. The van der Waals surface area contributed by atoms with Gasteiger partial charge in [0.15, 0.2) is 18.7 Å². The third-order valence-electron chi connectivity index (χ3n) is 19.4. The fourth-order valence-electron chi connectivity index (χ4n) is 13.1. The van der Waals surface area contributed by atoms with Gasteiger partial charge in [-0.1, -0.05) is 278 Å². The Bertz CT molecular complexity index is 2030. The summed E-state index contributed by atoms with van der Waals surface area (Å²) in [6.07, 6.45) is 13.0. The highest BCUT2D eigenvalue weighted by atomic mass is 31.2. The number of phosphoric ester groups is 1. The van der Waals surface area contributed by atoms with Crippen LogP contribution in [0.2, 0.25) is 0 Å². The summed E-state index contributed by atoms with van der Waals surface area (Å²) in [7, 11) is -5.69. The number of hydrogen-bond acceptors (Lipinski definition) is 23. The number of carbonyl (C=O) groups is 3. The van der Waals surface area contributed by atoms with Gasteiger partial charge in [-0.2, -0.15) is 0 Å². The molecule has 18 atom stereocenters. The van der Waals surface area contributed by atoms with E-state index >= 15 is 0 Å². The number of carbonyl (C=O) groups excluding carboxylic acids is 3. The molecule has 0 aromatic heterocycles. The van der Waals surface area contributed by atoms with Gasteiger partial charge in [-0.15, -0.1) is 0 Å². The molecule has 2 saturated heterocycles. The first-order valence-corrected chi connectivity index (χ1v) is 40.3. The van der Waals surface area contributed by atoms with Gasteiger partial charge in [0.25, 0.3) is 0 Å². The third-order valence-corrected chi connectivity index (χ3v) is 20.4. The van der Waals surface area contributed by atoms with Crippen LogP contribution in [0.1, 0.15) is 316 Å². The number of aliphatic hydroxyl groups is 10. The predicted molar refractivity (Wildman–Crippen MR) is 370 cm³/mol. The molecule has 3 fully saturated rings. The largest absolute Gasteiger partial charge is 0.472 e. The molecule has 3 rings (SSSR count). The van der Waals surface area contributed by atoms with E-state index in [1.807, 2.05) is 0 Å². The van der Waals surface area contributed by atoms with E-state index in [0.29, 0.717) is 19.3 Å². The number of aliphatic hydroxyl groups excluding tert-OH is 10. The van der Waals surface area contributed by atoms with E-state index in [2.05, 4.69) is 20.8 Å². The van der Waals surface area contributed by atoms with Crippen molar-refractivity contribution in [2.45, 2.75) is 420 Å². The second-order valence-electron chi connectivity index (χ2n) is 28.1. The van der Waals surface area contributed by atoms with Gasteiger partial charge >= 0.3 is 25.7 Å². The van der Waals surface area contributed by atoms with Crippen LogP contribution in [0.3, 0.4) is 0 Å². The van der Waals surface area contributed by atoms with Gasteiger partial charge < -0.3 is 89.1 Å². The molecule has 1 saturated carbocycles. The van der Waals surface area contributed by atoms with Crippen LogP contribution < -0.4 is 0 Å². The molecule has 2 heterocycles. The Kier molecular flexibility index (Phi) is 51.0. The zero-order valence-electron chi connectivity index (χ0n) is 60.3. The molecule has 11 N–H and O–H groups in total. The molecule has 0 bridgehead atoms. The van der Waals surface area contributed by atoms with Gasteiger partial charge in [-0.05, 0) is 19.3 Å². The maximum absolute atomic E-state index is 14.3. The minimum absolute atomic E-state index is 0.0328. The van der Waals surface area contributed by atoms with Gasteiger partial charge in [0, 0.05) is 19.3 Å². The molecule has 2 unspecified atom stereocenters. The number of rotatable bonds is 61. The molecule has 0 radical (unpaired) electrons. The van der Waals surface area contributed by atoms with E-state index in [-0.39, 0.29) is 19.3 Å². The van der Waals surface area contributed by atoms with Crippen molar-refractivity contribution in [3.8, 4) is 0 Å². The van der Waals surface area contributed by atoms with Crippen molar-refractivity contribution in [3.63, 3.8) is 0 Å². The van der Waals surface area contributed by atoms with E-state index < -0.39 is 156 Å². The number of unbranched alkanes of at least 4 members (excludes halogenated alkanes) is 40. The van der Waals surface area contributed by atoms with Crippen LogP contribution in [-0.4, -0.2) is 204 Å². The molecular weight excluding hydrogens is 1290 g/mol. The fraction of sp³-hybridized carbons (Fsp3) is 0.959. The van der Waals surface area contributed by atoms with Crippen LogP contribution in [0.15, 0.2) is 0 Å². The summed E-state index contributed by atoms with van der Waals surface area (Å²) in [5, 5.41) is 110. The zero-order valence-corrected chi connectivity index (χ0v) is 61.2. The first-order valence-electron chi connectivity index (χ1n) is 38.8. The summed E-state index contributed by atoms with van der Waals surface area (Å²) in [6, 6.07) is 0. The molecule has 2 aliphatic heterocycles. The molecule has 3 aliphatic rings. The van der Waals surface area contributed by atoms with Crippen molar-refractivity contribution in [2.24, 2.45) is 0 Å². The van der Waals surface area contributed by atoms with Crippen molar-refractivity contribution >= 4 is 25.7 Å². The lowest BCUT2D eigenvalue weighted by Crippen LogP contribution is -2.69. The van der Waals surface area contributed by atoms with Gasteiger partial charge in [0.1, 0.15) is 98.7 Å². The molecule has 0 amide bonds. The Morgan fingerprint density at radius 2 is 0.653 bits per heavy atom. The van der Waals surface area contributed by atoms with Gasteiger partial charge in [0.05, 0.1) is 13.2 Å². The molecule has 24 nitrogen and oxygen atoms in total. The second kappa shape index (κ2) is 55.4. The van der Waals surface area contributed by atoms with Crippen molar-refractivity contribution in [2.75, 3.05) is 26.4 Å². The van der Waals surface area contributed by atoms with E-state index in [0.717, 1.165) is 89.9 Å². The molecule has 0 aromatic carbocycles. The Balaban J connectivity index is 1.72. The van der Waals surface area contributed by atoms with Crippen LogP contribution in [0.5, 0.6) is 0 Å². The minimum Gasteiger partial charge on any atom is -0.463 e. The predicted octanol–water partition coefficient (Wildman–Crippen LogP) is 11.0. The first-order chi connectivity index (χ1) is 47.3. The van der Waals surface area contributed by atoms with Crippen molar-refractivity contribution in [1.29, 1.82) is 0 Å². The lowest BCUT2D eigenvalue weighted by molar-refractivity contribution is -0.360. The van der Waals surface area contributed by atoms with Crippen LogP contribution in [0, 0.1) is 0 Å². The molecule has 1 aliphatic carbocycles. The number of hydrogen-bond donors (Lipinski definition) is 11. The quantitative estimate of drug-likeness (QED) is 0.0117. The van der Waals surface area contributed by atoms with Crippen LogP contribution in [0.4, 0.5) is 0 Å². The summed E-state index contributed by atoms with van der Waals surface area (Å²) in [5.41, 5.74) is 0. The maximum atomic E-state index is 14.3. The summed E-state index contributed by atoms with van der Waals surface area (Å²) in [5.74, 6) is -1.97. The highest BCUT2D eigenvalue weighted by Crippen LogP contribution is 2.49. The molecule has 0 spiro atoms. The number of phosphoric acid groups is 1. The standard InChI is InChI=1S/C73H137O24P/c1-4-7-10-13-16-19-22-25-27-30-33-35-38-41-44-47-57(75)89-51-54(92-59(77)49-46-43-40-37-34-31-28-26-23-20-17-14-11-8-5-2)52-91-98(87,88)97-71-69(95-72-67(85)62(80)60(78)55(50-74)93-72)65(83)64(82)66(84)70(71)96-73-68(86)63(81)61(79)56(94-73)53-90-58(76)48-45-42-39-36-32-29-24-21-18-15-12-9-6-3/h54-56,60-74,78-86H,4-53H2,1-3H3,(H,87,88)/t54?,55-,56-,60-,61-,62+,63+,64+,65+,66-,67+,68+,69-,70-,71+,72-,73-/m1/s1. The van der Waals surface area contributed by atoms with Gasteiger partial charge in [0.2, 0.25) is 0 Å². The van der Waals surface area contributed by atoms with E-state index in [9.17, 15) is 74.9 Å². The number of ether oxygens (including phenoxy) is 7. The second-order valence-corrected chi connectivity index (χ2v) is 29.5. The fourth-order valence-corrected chi connectivity index (χ4v) is 14.0. The first kappa shape index (κ1) is 90.2. The van der Waals surface area contributed by atoms with E-state index in [4.69, 9.17) is 42.2 Å². The van der Waals surface area contributed by atoms with Gasteiger partial charge in [-0.25, -0.2) is 4.57 Å². The van der Waals surface area contributed by atoms with Crippen molar-refractivity contribution in [3.05, 3.63) is 0 Å². The molecule has 0 aromatic rings. The average Bonchev–Trinajstić information content (AvgIpc) is 0.763. The SMILES string of the molecule is CCCCCCCCCCCCCCCCCC(=O)OCC(COP(=O)(O)O[C@@H]1[C@H](O[C@H]2O[C@H](COC(=O)CCCCCCCCCCCCCCC)[C@@H](O)[C@H](O)[C@@H]2O)[C@H](O)[C@@H](O)[C@H](O)[C@H]1O[C@H]1O[C@H](CO)[C@@H](O)[C@H](O)[C@@H]1O)OC(=O)CCCCCCCCCCCCCCCCC. The minimum atomic E-state index is -5.69. The zero-order chi connectivity index (χ0) is 71.8. The lowest BCUT2D eigenvalue weighted by Gasteiger charge is -2.49. The Morgan fingerprint density at radius 1 is 0.357 bits per heavy atom. The average molecular weight is 1430 g/mol. The van der Waals surface area contributed by atoms with Crippen LogP contribution in [0.25, 0.3) is 0 Å². The smallest absolute Gasteiger partial charge is 0.463 e. The number of esters is 3. The summed E-state index contributed by atoms with van der Waals surface area (Å²) in [6.45, 7) is 3.48. The third kappa shape index (κ3) is 38.1. The Morgan fingerprint density at radius 3 is 1.00 bits per heavy atom. The van der Waals surface area contributed by atoms with E-state index in [1.54, 1.807) is 0 Å². The maximum Gasteiger partial charge on any atom is 0.472 e. The van der Waals surface area contributed by atoms with Gasteiger partial charge in [-0.3, -0.25) is 23.4 Å². The topological polar surface area (TPSA) is 374 Å². The highest BCUT2D eigenvalue weighted by molar-refractivity contribution is 7.47. The monoisotopic (exact) mass is 1430 g/mol. The van der Waals surface area contributed by atoms with E-state index in [1.165, 1.54) is 167 Å². The summed E-state index contributed by atoms with van der Waals surface area (Å²) in [4.78, 5) is 51.0. The Labute approximate surface area is 587 Å². The lowest BCUT2D eigenvalue weighted by atomic mass is 9.84. The normalized spacial score (nSPS) is 27.6. The molecule has 25 heteroatoms.